The molecule has 0 saturated carbocycles. The molecule has 0 unspecified atom stereocenters. The van der Waals surface area contributed by atoms with Crippen LogP contribution in [0.4, 0.5) is 5.69 Å². The van der Waals surface area contributed by atoms with E-state index in [0.717, 1.165) is 10.0 Å². The molecule has 0 atom stereocenters. The maximum Gasteiger partial charge on any atom is 0.262 e. The first kappa shape index (κ1) is 13.9. The number of nitrogens with two attached hydrogens (primary N) is 1. The first-order valence-corrected chi connectivity index (χ1v) is 7.10. The fraction of sp³-hybridized carbons (Fsp3) is 0. The first-order chi connectivity index (χ1) is 10.1. The van der Waals surface area contributed by atoms with Crippen LogP contribution in [0.25, 0.3) is 22.8 Å². The van der Waals surface area contributed by atoms with Crippen LogP contribution in [-0.4, -0.2) is 15.2 Å². The third-order valence-electron chi connectivity index (χ3n) is 2.90. The van der Waals surface area contributed by atoms with Gasteiger partial charge in [-0.1, -0.05) is 22.8 Å². The van der Waals surface area contributed by atoms with E-state index < -0.39 is 0 Å². The van der Waals surface area contributed by atoms with E-state index in [2.05, 4.69) is 26.1 Å². The van der Waals surface area contributed by atoms with E-state index in [1.165, 1.54) is 0 Å². The number of benzene rings is 2. The molecule has 1 heterocycles. The summed E-state index contributed by atoms with van der Waals surface area (Å²) in [6.07, 6.45) is 0. The molecule has 0 fully saturated rings. The van der Waals surface area contributed by atoms with Crippen molar-refractivity contribution in [2.24, 2.45) is 0 Å². The zero-order valence-corrected chi connectivity index (χ0v) is 12.9. The summed E-state index contributed by atoms with van der Waals surface area (Å²) in [4.78, 5) is 4.27. The zero-order valence-electron chi connectivity index (χ0n) is 10.5. The predicted molar refractivity (Wildman–Crippen MR) is 84.0 cm³/mol. The lowest BCUT2D eigenvalue weighted by atomic mass is 10.1. The van der Waals surface area contributed by atoms with Gasteiger partial charge in [-0.05, 0) is 46.3 Å². The molecule has 0 bridgehead atoms. The summed E-state index contributed by atoms with van der Waals surface area (Å²) < 4.78 is 5.92. The van der Waals surface area contributed by atoms with Crippen molar-refractivity contribution in [3.8, 4) is 28.6 Å². The number of nitrogens with zero attached hydrogens (tertiary/aromatic N) is 2. The van der Waals surface area contributed by atoms with E-state index in [9.17, 15) is 5.11 Å². The fourth-order valence-corrected chi connectivity index (χ4v) is 2.32. The molecule has 2 aromatic carbocycles. The Bertz CT molecular complexity index is 820. The molecule has 0 spiro atoms. The monoisotopic (exact) mass is 365 g/mol. The van der Waals surface area contributed by atoms with E-state index in [4.69, 9.17) is 21.9 Å². The highest BCUT2D eigenvalue weighted by Gasteiger charge is 2.15. The number of hydrogen-bond acceptors (Lipinski definition) is 5. The van der Waals surface area contributed by atoms with E-state index in [-0.39, 0.29) is 17.3 Å². The standard InChI is InChI=1S/C14H9BrClN3O2/c15-9-6-7(4-5-10(9)16)13-18-14(21-19-13)8-2-1-3-11(17)12(8)20/h1-6,20H,17H2. The molecule has 3 N–H and O–H groups in total. The van der Waals surface area contributed by atoms with Gasteiger partial charge in [0.25, 0.3) is 5.89 Å². The van der Waals surface area contributed by atoms with E-state index >= 15 is 0 Å². The van der Waals surface area contributed by atoms with E-state index in [0.29, 0.717) is 16.4 Å². The average Bonchev–Trinajstić information content (AvgIpc) is 2.94. The number of aromatic nitrogens is 2. The summed E-state index contributed by atoms with van der Waals surface area (Å²) in [5.41, 5.74) is 7.03. The quantitative estimate of drug-likeness (QED) is 0.526. The van der Waals surface area contributed by atoms with Crippen LogP contribution in [0.3, 0.4) is 0 Å². The molecule has 1 aromatic heterocycles. The highest BCUT2D eigenvalue weighted by molar-refractivity contribution is 9.10. The normalized spacial score (nSPS) is 10.8. The number of aromatic hydroxyl groups is 1. The summed E-state index contributed by atoms with van der Waals surface area (Å²) in [5, 5.41) is 14.4. The van der Waals surface area contributed by atoms with Crippen molar-refractivity contribution in [3.63, 3.8) is 0 Å². The number of anilines is 1. The Morgan fingerprint density at radius 3 is 2.81 bits per heavy atom. The Morgan fingerprint density at radius 2 is 2.05 bits per heavy atom. The number of halogens is 2. The Hall–Kier alpha value is -2.05. The van der Waals surface area contributed by atoms with Crippen molar-refractivity contribution in [1.82, 2.24) is 10.1 Å². The number of nitrogen functional groups attached to an aromatic ring is 1. The average molecular weight is 367 g/mol. The summed E-state index contributed by atoms with van der Waals surface area (Å²) in [5.74, 6) is 0.509. The van der Waals surface area contributed by atoms with Crippen molar-refractivity contribution in [1.29, 1.82) is 0 Å². The van der Waals surface area contributed by atoms with Crippen LogP contribution in [0, 0.1) is 0 Å². The molecule has 0 amide bonds. The number of rotatable bonds is 2. The van der Waals surface area contributed by atoms with Gasteiger partial charge in [-0.25, -0.2) is 0 Å². The molecule has 3 aromatic rings. The number of hydrogen-bond donors (Lipinski definition) is 2. The molecule has 5 nitrogen and oxygen atoms in total. The fourth-order valence-electron chi connectivity index (χ4n) is 1.82. The third-order valence-corrected chi connectivity index (χ3v) is 4.12. The predicted octanol–water partition coefficient (Wildman–Crippen LogP) is 4.11. The Kier molecular flexibility index (Phi) is 3.57. The van der Waals surface area contributed by atoms with Crippen molar-refractivity contribution in [2.45, 2.75) is 0 Å². The Balaban J connectivity index is 2.03. The summed E-state index contributed by atoms with van der Waals surface area (Å²) in [7, 11) is 0. The number of phenols is 1. The maximum absolute atomic E-state index is 9.93. The zero-order chi connectivity index (χ0) is 15.0. The highest BCUT2D eigenvalue weighted by atomic mass is 79.9. The third kappa shape index (κ3) is 2.59. The SMILES string of the molecule is Nc1cccc(-c2nc(-c3ccc(Cl)c(Br)c3)no2)c1O. The van der Waals surface area contributed by atoms with Gasteiger partial charge in [-0.15, -0.1) is 0 Å². The Morgan fingerprint density at radius 1 is 1.24 bits per heavy atom. The van der Waals surface area contributed by atoms with E-state index in [1.54, 1.807) is 36.4 Å². The van der Waals surface area contributed by atoms with Crippen LogP contribution >= 0.6 is 27.5 Å². The van der Waals surface area contributed by atoms with Crippen LogP contribution < -0.4 is 5.73 Å². The smallest absolute Gasteiger partial charge is 0.262 e. The van der Waals surface area contributed by atoms with Gasteiger partial charge in [0.05, 0.1) is 16.3 Å². The van der Waals surface area contributed by atoms with Crippen LogP contribution in [-0.2, 0) is 0 Å². The molecule has 0 aliphatic heterocycles. The number of phenolic OH excluding ortho intramolecular Hbond substituents is 1. The van der Waals surface area contributed by atoms with Gasteiger partial charge in [-0.2, -0.15) is 4.98 Å². The minimum absolute atomic E-state index is 0.0787. The molecule has 0 radical (unpaired) electrons. The van der Waals surface area contributed by atoms with Crippen LogP contribution in [0.5, 0.6) is 5.75 Å². The van der Waals surface area contributed by atoms with Gasteiger partial charge in [0, 0.05) is 10.0 Å². The van der Waals surface area contributed by atoms with Crippen LogP contribution in [0.1, 0.15) is 0 Å². The number of para-hydroxylation sites is 1. The molecular weight excluding hydrogens is 358 g/mol. The second kappa shape index (κ2) is 5.38. The summed E-state index contributed by atoms with van der Waals surface area (Å²) in [6.45, 7) is 0. The van der Waals surface area contributed by atoms with Gasteiger partial charge in [0.15, 0.2) is 5.75 Å². The molecule has 106 valence electrons. The van der Waals surface area contributed by atoms with Crippen molar-refractivity contribution < 1.29 is 9.63 Å². The lowest BCUT2D eigenvalue weighted by molar-refractivity contribution is 0.426. The van der Waals surface area contributed by atoms with Gasteiger partial charge in [-0.3, -0.25) is 0 Å². The van der Waals surface area contributed by atoms with Crippen LogP contribution in [0.15, 0.2) is 45.4 Å². The van der Waals surface area contributed by atoms with Gasteiger partial charge in [0.2, 0.25) is 5.82 Å². The van der Waals surface area contributed by atoms with Gasteiger partial charge in [0.1, 0.15) is 0 Å². The van der Waals surface area contributed by atoms with Gasteiger partial charge < -0.3 is 15.4 Å². The molecule has 21 heavy (non-hydrogen) atoms. The molecular formula is C14H9BrClN3O2. The van der Waals surface area contributed by atoms with E-state index in [1.807, 2.05) is 0 Å². The second-order valence-corrected chi connectivity index (χ2v) is 5.56. The lowest BCUT2D eigenvalue weighted by Crippen LogP contribution is -1.88. The molecule has 0 aliphatic rings. The molecule has 3 rings (SSSR count). The molecule has 0 aliphatic carbocycles. The highest BCUT2D eigenvalue weighted by Crippen LogP contribution is 2.34. The minimum Gasteiger partial charge on any atom is -0.505 e. The maximum atomic E-state index is 9.93. The topological polar surface area (TPSA) is 85.2 Å². The van der Waals surface area contributed by atoms with Crippen molar-refractivity contribution >= 4 is 33.2 Å². The summed E-state index contributed by atoms with van der Waals surface area (Å²) in [6, 6.07) is 10.2. The van der Waals surface area contributed by atoms with Crippen molar-refractivity contribution in [3.05, 3.63) is 45.9 Å². The van der Waals surface area contributed by atoms with Gasteiger partial charge >= 0.3 is 0 Å². The first-order valence-electron chi connectivity index (χ1n) is 5.93. The molecule has 0 saturated heterocycles. The largest absolute Gasteiger partial charge is 0.505 e. The minimum atomic E-state index is -0.0787. The van der Waals surface area contributed by atoms with Crippen LogP contribution in [0.2, 0.25) is 5.02 Å². The lowest BCUT2D eigenvalue weighted by Gasteiger charge is -2.01. The second-order valence-electron chi connectivity index (χ2n) is 4.30. The molecule has 7 heteroatoms. The van der Waals surface area contributed by atoms with Crippen molar-refractivity contribution in [2.75, 3.05) is 5.73 Å². The summed E-state index contributed by atoms with van der Waals surface area (Å²) >= 11 is 9.29. The Labute approximate surface area is 133 Å².